The molecular formula is C30H55N3O7P+. The second-order valence-corrected chi connectivity index (χ2v) is 12.0. The van der Waals surface area contributed by atoms with Crippen molar-refractivity contribution in [2.45, 2.75) is 71.1 Å². The number of amides is 2. The third-order valence-electron chi connectivity index (χ3n) is 5.53. The summed E-state index contributed by atoms with van der Waals surface area (Å²) >= 11 is 0. The van der Waals surface area contributed by atoms with E-state index < -0.39 is 13.9 Å². The van der Waals surface area contributed by atoms with Gasteiger partial charge in [0.25, 0.3) is 0 Å². The average Bonchev–Trinajstić information content (AvgIpc) is 2.90. The lowest BCUT2D eigenvalue weighted by Crippen LogP contribution is -2.37. The number of ether oxygens (including phenoxy) is 1. The Kier molecular flexibility index (Phi) is 24.1. The van der Waals surface area contributed by atoms with Gasteiger partial charge in [0.1, 0.15) is 19.8 Å². The number of carbonyl (C=O) groups excluding carboxylic acids is 2. The standard InChI is InChI=1S/C30H54N3O7P/c1-5-6-7-8-9-10-11-12-13-14-15-16-17-18-19-20-21-22-29(34)31-23-26-38-30(35)32-24-27-39-41(36,37)40-28-25-33(2,3)4/h9-10,12-13,15-16,18-19H,5-8,11,14,17,20-28H2,1-4H3,(H2-,31,32,34,35,36,37)/p+1/b10-9-,13-12-,16-15-,19-18-. The molecule has 1 atom stereocenters. The predicted octanol–water partition coefficient (Wildman–Crippen LogP) is 5.81. The molecule has 0 saturated heterocycles. The van der Waals surface area contributed by atoms with Crippen molar-refractivity contribution in [3.05, 3.63) is 48.6 Å². The van der Waals surface area contributed by atoms with Crippen molar-refractivity contribution in [2.24, 2.45) is 0 Å². The summed E-state index contributed by atoms with van der Waals surface area (Å²) in [4.78, 5) is 33.2. The largest absolute Gasteiger partial charge is 0.472 e. The monoisotopic (exact) mass is 600 g/mol. The van der Waals surface area contributed by atoms with Crippen LogP contribution in [0.2, 0.25) is 0 Å². The maximum absolute atomic E-state index is 11.9. The summed E-state index contributed by atoms with van der Waals surface area (Å²) < 4.78 is 27.0. The molecule has 0 aromatic carbocycles. The second kappa shape index (κ2) is 25.5. The number of nitrogens with one attached hydrogen (secondary N) is 2. The lowest BCUT2D eigenvalue weighted by molar-refractivity contribution is -0.870. The van der Waals surface area contributed by atoms with Crippen LogP contribution in [-0.4, -0.2) is 82.0 Å². The van der Waals surface area contributed by atoms with E-state index >= 15 is 0 Å². The van der Waals surface area contributed by atoms with Gasteiger partial charge in [0.15, 0.2) is 0 Å². The molecule has 0 aromatic rings. The van der Waals surface area contributed by atoms with Gasteiger partial charge in [-0.05, 0) is 44.9 Å². The number of unbranched alkanes of at least 4 members (excludes halogenated alkanes) is 4. The highest BCUT2D eigenvalue weighted by atomic mass is 31.2. The Morgan fingerprint density at radius 1 is 0.756 bits per heavy atom. The second-order valence-electron chi connectivity index (χ2n) is 10.5. The van der Waals surface area contributed by atoms with Gasteiger partial charge < -0.3 is 24.7 Å². The van der Waals surface area contributed by atoms with E-state index in [0.29, 0.717) is 17.4 Å². The zero-order valence-corrected chi connectivity index (χ0v) is 26.6. The van der Waals surface area contributed by atoms with Gasteiger partial charge in [-0.1, -0.05) is 68.4 Å². The Bertz CT molecular complexity index is 852. The van der Waals surface area contributed by atoms with E-state index in [1.54, 1.807) is 0 Å². The number of rotatable bonds is 25. The first-order valence-corrected chi connectivity index (χ1v) is 16.2. The number of alkyl carbamates (subject to hydrolysis) is 1. The van der Waals surface area contributed by atoms with Crippen LogP contribution in [0.15, 0.2) is 48.6 Å². The average molecular weight is 601 g/mol. The van der Waals surface area contributed by atoms with Crippen molar-refractivity contribution in [2.75, 3.05) is 60.6 Å². The van der Waals surface area contributed by atoms with Crippen LogP contribution in [0.3, 0.4) is 0 Å². The molecule has 0 bridgehead atoms. The summed E-state index contributed by atoms with van der Waals surface area (Å²) in [7, 11) is 1.63. The van der Waals surface area contributed by atoms with Crippen LogP contribution in [0, 0.1) is 0 Å². The molecule has 0 aliphatic rings. The smallest absolute Gasteiger partial charge is 0.448 e. The third-order valence-corrected chi connectivity index (χ3v) is 6.55. The van der Waals surface area contributed by atoms with E-state index in [9.17, 15) is 19.0 Å². The van der Waals surface area contributed by atoms with Gasteiger partial charge in [-0.15, -0.1) is 0 Å². The SMILES string of the molecule is CCCCC/C=C\C/C=C\C/C=C\C/C=C\CCCC(=O)NCCOC(=O)NCCOP(=O)(O)OCC[N+](C)(C)C. The quantitative estimate of drug-likeness (QED) is 0.0523. The van der Waals surface area contributed by atoms with Gasteiger partial charge in [-0.25, -0.2) is 9.36 Å². The summed E-state index contributed by atoms with van der Waals surface area (Å²) in [5.41, 5.74) is 0. The third kappa shape index (κ3) is 30.6. The molecule has 0 fully saturated rings. The molecule has 11 heteroatoms. The number of allylic oxidation sites excluding steroid dienone is 8. The Morgan fingerprint density at radius 2 is 1.29 bits per heavy atom. The molecule has 41 heavy (non-hydrogen) atoms. The van der Waals surface area contributed by atoms with Crippen molar-refractivity contribution in [3.8, 4) is 0 Å². The van der Waals surface area contributed by atoms with Crippen LogP contribution in [0.5, 0.6) is 0 Å². The number of quaternary nitrogens is 1. The van der Waals surface area contributed by atoms with Gasteiger partial charge in [-0.3, -0.25) is 13.8 Å². The molecule has 0 spiro atoms. The van der Waals surface area contributed by atoms with Crippen molar-refractivity contribution < 1.29 is 37.3 Å². The van der Waals surface area contributed by atoms with E-state index in [0.717, 1.165) is 32.1 Å². The van der Waals surface area contributed by atoms with Crippen molar-refractivity contribution in [1.82, 2.24) is 10.6 Å². The number of nitrogens with zero attached hydrogens (tertiary/aromatic N) is 1. The molecule has 0 heterocycles. The highest BCUT2D eigenvalue weighted by molar-refractivity contribution is 7.47. The minimum Gasteiger partial charge on any atom is -0.448 e. The fourth-order valence-corrected chi connectivity index (χ4v) is 3.91. The zero-order chi connectivity index (χ0) is 30.7. The maximum Gasteiger partial charge on any atom is 0.472 e. The first kappa shape index (κ1) is 38.8. The minimum absolute atomic E-state index is 0.0161. The lowest BCUT2D eigenvalue weighted by Gasteiger charge is -2.24. The van der Waals surface area contributed by atoms with E-state index in [1.165, 1.54) is 25.7 Å². The van der Waals surface area contributed by atoms with E-state index in [4.69, 9.17) is 13.8 Å². The fraction of sp³-hybridized carbons (Fsp3) is 0.667. The van der Waals surface area contributed by atoms with Crippen LogP contribution in [0.1, 0.15) is 71.1 Å². The highest BCUT2D eigenvalue weighted by Gasteiger charge is 2.22. The van der Waals surface area contributed by atoms with Gasteiger partial charge in [0.05, 0.1) is 34.3 Å². The molecule has 1 unspecified atom stereocenters. The van der Waals surface area contributed by atoms with Gasteiger partial charge >= 0.3 is 13.9 Å². The first-order valence-electron chi connectivity index (χ1n) is 14.8. The van der Waals surface area contributed by atoms with Crippen LogP contribution < -0.4 is 10.6 Å². The molecule has 0 saturated carbocycles. The van der Waals surface area contributed by atoms with Crippen LogP contribution in [-0.2, 0) is 23.1 Å². The van der Waals surface area contributed by atoms with Gasteiger partial charge in [-0.2, -0.15) is 0 Å². The molecule has 10 nitrogen and oxygen atoms in total. The summed E-state index contributed by atoms with van der Waals surface area (Å²) in [5, 5.41) is 5.11. The van der Waals surface area contributed by atoms with E-state index in [1.807, 2.05) is 21.1 Å². The number of phosphoric ester groups is 1. The van der Waals surface area contributed by atoms with Gasteiger partial charge in [0, 0.05) is 13.0 Å². The van der Waals surface area contributed by atoms with Crippen molar-refractivity contribution in [3.63, 3.8) is 0 Å². The molecule has 3 N–H and O–H groups in total. The van der Waals surface area contributed by atoms with Crippen molar-refractivity contribution >= 4 is 19.8 Å². The predicted molar refractivity (Wildman–Crippen MR) is 165 cm³/mol. The number of hydrogen-bond donors (Lipinski definition) is 3. The molecule has 236 valence electrons. The number of hydrogen-bond acceptors (Lipinski definition) is 6. The number of phosphoric acid groups is 1. The van der Waals surface area contributed by atoms with Gasteiger partial charge in [0.2, 0.25) is 5.91 Å². The van der Waals surface area contributed by atoms with Crippen LogP contribution in [0.25, 0.3) is 0 Å². The van der Waals surface area contributed by atoms with Crippen LogP contribution in [0.4, 0.5) is 4.79 Å². The number of carbonyl (C=O) groups is 2. The maximum atomic E-state index is 11.9. The molecule has 0 aromatic heterocycles. The van der Waals surface area contributed by atoms with E-state index in [2.05, 4.69) is 66.2 Å². The molecule has 0 radical (unpaired) electrons. The topological polar surface area (TPSA) is 123 Å². The summed E-state index contributed by atoms with van der Waals surface area (Å²) in [5.74, 6) is -0.0951. The Morgan fingerprint density at radius 3 is 1.88 bits per heavy atom. The summed E-state index contributed by atoms with van der Waals surface area (Å²) in [6, 6.07) is 0. The summed E-state index contributed by atoms with van der Waals surface area (Å²) in [6.45, 7) is 2.83. The number of likely N-dealkylation sites (N-methyl/N-ethyl adjacent to an activating group) is 1. The fourth-order valence-electron chi connectivity index (χ4n) is 3.20. The Labute approximate surface area is 248 Å². The molecular weight excluding hydrogens is 545 g/mol. The van der Waals surface area contributed by atoms with Crippen molar-refractivity contribution in [1.29, 1.82) is 0 Å². The highest BCUT2D eigenvalue weighted by Crippen LogP contribution is 2.42. The molecule has 0 aliphatic carbocycles. The zero-order valence-electron chi connectivity index (χ0n) is 25.7. The molecule has 0 rings (SSSR count). The summed E-state index contributed by atoms with van der Waals surface area (Å²) in [6.07, 6.45) is 26.5. The first-order chi connectivity index (χ1) is 19.6. The lowest BCUT2D eigenvalue weighted by atomic mass is 10.2. The molecule has 0 aliphatic heterocycles. The molecule has 2 amide bonds. The Balaban J connectivity index is 3.66. The Hall–Kier alpha value is -2.23. The van der Waals surface area contributed by atoms with E-state index in [-0.39, 0.29) is 38.8 Å². The normalized spacial score (nSPS) is 13.9. The van der Waals surface area contributed by atoms with Crippen LogP contribution >= 0.6 is 7.82 Å². The minimum atomic E-state index is -4.17.